The molecule has 2 heterocycles. The van der Waals surface area contributed by atoms with Crippen molar-refractivity contribution >= 4 is 34.4 Å². The van der Waals surface area contributed by atoms with Gasteiger partial charge in [-0.15, -0.1) is 0 Å². The third kappa shape index (κ3) is 2.23. The lowest BCUT2D eigenvalue weighted by atomic mass is 10.1. The van der Waals surface area contributed by atoms with E-state index in [9.17, 15) is 9.59 Å². The molecular weight excluding hydrogens is 262 g/mol. The Morgan fingerprint density at radius 2 is 2.00 bits per heavy atom. The van der Waals surface area contributed by atoms with Crippen molar-refractivity contribution in [1.29, 1.82) is 0 Å². The number of nitrogens with zero attached hydrogens (tertiary/aromatic N) is 1. The van der Waals surface area contributed by atoms with E-state index in [1.54, 1.807) is 30.0 Å². The molecule has 98 valence electrons. The predicted octanol–water partition coefficient (Wildman–Crippen LogP) is 1.86. The van der Waals surface area contributed by atoms with Crippen molar-refractivity contribution in [2.45, 2.75) is 19.4 Å². The highest BCUT2D eigenvalue weighted by molar-refractivity contribution is 8.14. The largest absolute Gasteiger partial charge is 0.335 e. The Hall–Kier alpha value is -1.82. The van der Waals surface area contributed by atoms with Crippen LogP contribution in [-0.2, 0) is 0 Å². The van der Waals surface area contributed by atoms with Gasteiger partial charge in [-0.05, 0) is 32.0 Å². The molecule has 0 radical (unpaired) electrons. The maximum absolute atomic E-state index is 11.6. The monoisotopic (exact) mass is 275 g/mol. The molecule has 2 aliphatic heterocycles. The molecule has 1 aromatic carbocycles. The number of benzene rings is 1. The zero-order valence-corrected chi connectivity index (χ0v) is 11.4. The van der Waals surface area contributed by atoms with E-state index in [0.717, 1.165) is 16.6 Å². The quantitative estimate of drug-likeness (QED) is 0.768. The van der Waals surface area contributed by atoms with Gasteiger partial charge in [-0.1, -0.05) is 11.8 Å². The molecule has 0 bridgehead atoms. The number of rotatable bonds is 1. The Kier molecular flexibility index (Phi) is 2.63. The van der Waals surface area contributed by atoms with Gasteiger partial charge >= 0.3 is 0 Å². The summed E-state index contributed by atoms with van der Waals surface area (Å²) >= 11 is 1.65. The number of aliphatic imine (C=N–C) groups is 1. The highest BCUT2D eigenvalue weighted by Crippen LogP contribution is 2.28. The fourth-order valence-electron chi connectivity index (χ4n) is 2.02. The summed E-state index contributed by atoms with van der Waals surface area (Å²) < 4.78 is 0. The summed E-state index contributed by atoms with van der Waals surface area (Å²) in [5.74, 6) is 0.254. The molecule has 0 atom stereocenters. The Morgan fingerprint density at radius 1 is 1.26 bits per heavy atom. The van der Waals surface area contributed by atoms with Crippen LogP contribution in [0, 0.1) is 0 Å². The van der Waals surface area contributed by atoms with Crippen LogP contribution in [-0.4, -0.2) is 28.3 Å². The molecule has 6 heteroatoms. The molecule has 0 spiro atoms. The minimum absolute atomic E-state index is 0.0585. The lowest BCUT2D eigenvalue weighted by Crippen LogP contribution is -2.19. The number of nitrogens with one attached hydrogen (secondary N) is 2. The first-order valence-electron chi connectivity index (χ1n) is 5.94. The smallest absolute Gasteiger partial charge is 0.259 e. The van der Waals surface area contributed by atoms with Gasteiger partial charge in [-0.3, -0.25) is 19.9 Å². The highest BCUT2D eigenvalue weighted by Gasteiger charge is 2.28. The van der Waals surface area contributed by atoms with Crippen LogP contribution < -0.4 is 10.6 Å². The number of amides is 2. The molecule has 2 N–H and O–H groups in total. The number of carbonyl (C=O) groups is 2. The Labute approximate surface area is 114 Å². The second-order valence-corrected chi connectivity index (χ2v) is 6.15. The van der Waals surface area contributed by atoms with Gasteiger partial charge in [-0.25, -0.2) is 0 Å². The molecule has 0 aromatic heterocycles. The van der Waals surface area contributed by atoms with E-state index >= 15 is 0 Å². The molecular formula is C13H13N3O2S. The van der Waals surface area contributed by atoms with Crippen LogP contribution in [0.4, 0.5) is 5.69 Å². The molecule has 1 aromatic rings. The summed E-state index contributed by atoms with van der Waals surface area (Å²) in [5, 5.41) is 6.30. The van der Waals surface area contributed by atoms with Gasteiger partial charge < -0.3 is 5.32 Å². The van der Waals surface area contributed by atoms with Gasteiger partial charge in [0.2, 0.25) is 0 Å². The van der Waals surface area contributed by atoms with Gasteiger partial charge in [0.15, 0.2) is 5.17 Å². The minimum Gasteiger partial charge on any atom is -0.335 e. The normalized spacial score (nSPS) is 20.0. The van der Waals surface area contributed by atoms with Crippen molar-refractivity contribution in [3.05, 3.63) is 29.3 Å². The SMILES string of the molecule is CC1(C)CSC(Nc2ccc3c(c2)C(=O)NC3=O)=N1. The van der Waals surface area contributed by atoms with E-state index in [4.69, 9.17) is 0 Å². The number of anilines is 1. The maximum atomic E-state index is 11.6. The predicted molar refractivity (Wildman–Crippen MR) is 75.8 cm³/mol. The van der Waals surface area contributed by atoms with Crippen molar-refractivity contribution < 1.29 is 9.59 Å². The lowest BCUT2D eigenvalue weighted by molar-refractivity contribution is 0.0879. The average molecular weight is 275 g/mol. The number of carbonyl (C=O) groups excluding carboxylic acids is 2. The van der Waals surface area contributed by atoms with E-state index < -0.39 is 0 Å². The van der Waals surface area contributed by atoms with E-state index in [1.807, 2.05) is 0 Å². The zero-order valence-electron chi connectivity index (χ0n) is 10.6. The fraction of sp³-hybridized carbons (Fsp3) is 0.308. The molecule has 0 aliphatic carbocycles. The second kappa shape index (κ2) is 4.09. The summed E-state index contributed by atoms with van der Waals surface area (Å²) in [6.07, 6.45) is 0. The maximum Gasteiger partial charge on any atom is 0.259 e. The minimum atomic E-state index is -0.343. The number of imide groups is 1. The van der Waals surface area contributed by atoms with Crippen LogP contribution in [0.15, 0.2) is 23.2 Å². The molecule has 3 rings (SSSR count). The van der Waals surface area contributed by atoms with E-state index in [1.165, 1.54) is 0 Å². The summed E-state index contributed by atoms with van der Waals surface area (Å²) in [7, 11) is 0. The molecule has 0 saturated heterocycles. The van der Waals surface area contributed by atoms with E-state index in [-0.39, 0.29) is 17.4 Å². The van der Waals surface area contributed by atoms with Crippen molar-refractivity contribution in [3.63, 3.8) is 0 Å². The first-order chi connectivity index (χ1) is 8.94. The van der Waals surface area contributed by atoms with Crippen LogP contribution in [0.2, 0.25) is 0 Å². The first kappa shape index (κ1) is 12.2. The summed E-state index contributed by atoms with van der Waals surface area (Å²) in [6.45, 7) is 4.15. The number of thioether (sulfide) groups is 1. The fourth-order valence-corrected chi connectivity index (χ4v) is 3.07. The number of fused-ring (bicyclic) bond motifs is 1. The Balaban J connectivity index is 1.87. The standard InChI is InChI=1S/C13H13N3O2S/c1-13(2)6-19-12(16-13)14-7-3-4-8-9(5-7)11(18)15-10(8)17/h3-5H,6H2,1-2H3,(H,14,16)(H,15,17,18). The first-order valence-corrected chi connectivity index (χ1v) is 6.93. The molecule has 5 nitrogen and oxygen atoms in total. The van der Waals surface area contributed by atoms with Gasteiger partial charge in [-0.2, -0.15) is 0 Å². The van der Waals surface area contributed by atoms with Gasteiger partial charge in [0, 0.05) is 11.4 Å². The third-order valence-corrected chi connectivity index (χ3v) is 4.27. The number of amidine groups is 1. The van der Waals surface area contributed by atoms with Crippen LogP contribution in [0.25, 0.3) is 0 Å². The number of hydrogen-bond donors (Lipinski definition) is 2. The summed E-state index contributed by atoms with van der Waals surface area (Å²) in [5.41, 5.74) is 1.55. The van der Waals surface area contributed by atoms with Crippen LogP contribution in [0.3, 0.4) is 0 Å². The van der Waals surface area contributed by atoms with Gasteiger partial charge in [0.25, 0.3) is 11.8 Å². The van der Waals surface area contributed by atoms with Crippen LogP contribution in [0.1, 0.15) is 34.6 Å². The average Bonchev–Trinajstić information content (AvgIpc) is 2.81. The van der Waals surface area contributed by atoms with Crippen molar-refractivity contribution in [2.24, 2.45) is 4.99 Å². The van der Waals surface area contributed by atoms with Crippen LogP contribution in [0.5, 0.6) is 0 Å². The second-order valence-electron chi connectivity index (χ2n) is 5.19. The Morgan fingerprint density at radius 3 is 2.68 bits per heavy atom. The molecule has 2 amide bonds. The van der Waals surface area contributed by atoms with Crippen molar-refractivity contribution in [2.75, 3.05) is 11.1 Å². The van der Waals surface area contributed by atoms with E-state index in [0.29, 0.717) is 11.1 Å². The molecule has 0 unspecified atom stereocenters. The molecule has 0 saturated carbocycles. The molecule has 2 aliphatic rings. The summed E-state index contributed by atoms with van der Waals surface area (Å²) in [6, 6.07) is 5.12. The number of hydrogen-bond acceptors (Lipinski definition) is 5. The highest BCUT2D eigenvalue weighted by atomic mass is 32.2. The van der Waals surface area contributed by atoms with Gasteiger partial charge in [0.05, 0.1) is 16.7 Å². The topological polar surface area (TPSA) is 70.6 Å². The van der Waals surface area contributed by atoms with Crippen LogP contribution >= 0.6 is 11.8 Å². The molecule has 19 heavy (non-hydrogen) atoms. The molecule has 0 fully saturated rings. The Bertz CT molecular complexity index is 622. The van der Waals surface area contributed by atoms with E-state index in [2.05, 4.69) is 29.5 Å². The lowest BCUT2D eigenvalue weighted by Gasteiger charge is -2.09. The zero-order chi connectivity index (χ0) is 13.6. The third-order valence-electron chi connectivity index (χ3n) is 2.95. The van der Waals surface area contributed by atoms with Crippen molar-refractivity contribution in [3.8, 4) is 0 Å². The van der Waals surface area contributed by atoms with Gasteiger partial charge in [0.1, 0.15) is 0 Å². The van der Waals surface area contributed by atoms with Crippen molar-refractivity contribution in [1.82, 2.24) is 5.32 Å². The summed E-state index contributed by atoms with van der Waals surface area (Å²) in [4.78, 5) is 27.6.